The smallest absolute Gasteiger partial charge is 0.251 e. The van der Waals surface area contributed by atoms with Gasteiger partial charge in [0.15, 0.2) is 0 Å². The highest BCUT2D eigenvalue weighted by Crippen LogP contribution is 2.25. The number of hydrogen-bond acceptors (Lipinski definition) is 2. The number of amides is 1. The molecule has 5 heteroatoms. The summed E-state index contributed by atoms with van der Waals surface area (Å²) in [5.74, 6) is -0.0196. The summed E-state index contributed by atoms with van der Waals surface area (Å²) in [6, 6.07) is 6.33. The van der Waals surface area contributed by atoms with Gasteiger partial charge in [0.2, 0.25) is 0 Å². The van der Waals surface area contributed by atoms with E-state index in [9.17, 15) is 4.79 Å². The molecule has 1 saturated carbocycles. The molecule has 3 nitrogen and oxygen atoms in total. The van der Waals surface area contributed by atoms with Crippen molar-refractivity contribution in [1.82, 2.24) is 10.2 Å². The fourth-order valence-electron chi connectivity index (χ4n) is 2.14. The van der Waals surface area contributed by atoms with Crippen molar-refractivity contribution in [2.45, 2.75) is 25.8 Å². The van der Waals surface area contributed by atoms with Gasteiger partial charge in [-0.3, -0.25) is 9.69 Å². The number of nitrogens with zero attached hydrogens (tertiary/aromatic N) is 1. The van der Waals surface area contributed by atoms with Crippen LogP contribution < -0.4 is 5.32 Å². The Kier molecular flexibility index (Phi) is 5.42. The number of likely N-dealkylation sites (N-methyl/N-ethyl adjacent to an activating group) is 1. The third-order valence-corrected chi connectivity index (χ3v) is 4.19. The normalized spacial score (nSPS) is 14.7. The van der Waals surface area contributed by atoms with E-state index < -0.39 is 0 Å². The standard InChI is InChI=1S/C14H18Br2N2O/c1-2-18(13-3-4-13)6-5-17-14(19)10-7-11(15)9-12(16)8-10/h7-9,13H,2-6H2,1H3,(H,17,19). The van der Waals surface area contributed by atoms with Gasteiger partial charge in [-0.05, 0) is 37.6 Å². The summed E-state index contributed by atoms with van der Waals surface area (Å²) in [5, 5.41) is 2.98. The van der Waals surface area contributed by atoms with E-state index in [-0.39, 0.29) is 5.91 Å². The monoisotopic (exact) mass is 388 g/mol. The van der Waals surface area contributed by atoms with Crippen LogP contribution in [0.3, 0.4) is 0 Å². The number of halogens is 2. The summed E-state index contributed by atoms with van der Waals surface area (Å²) >= 11 is 6.79. The molecule has 2 rings (SSSR count). The molecule has 0 atom stereocenters. The lowest BCUT2D eigenvalue weighted by Gasteiger charge is -2.19. The Morgan fingerprint density at radius 2 is 1.95 bits per heavy atom. The predicted octanol–water partition coefficient (Wildman–Crippen LogP) is 3.43. The van der Waals surface area contributed by atoms with Crippen LogP contribution in [-0.4, -0.2) is 36.5 Å². The second kappa shape index (κ2) is 6.86. The highest BCUT2D eigenvalue weighted by atomic mass is 79.9. The third-order valence-electron chi connectivity index (χ3n) is 3.28. The van der Waals surface area contributed by atoms with Crippen molar-refractivity contribution < 1.29 is 4.79 Å². The van der Waals surface area contributed by atoms with Crippen LogP contribution in [-0.2, 0) is 0 Å². The fraction of sp³-hybridized carbons (Fsp3) is 0.500. The minimum atomic E-state index is -0.0196. The van der Waals surface area contributed by atoms with Crippen LogP contribution >= 0.6 is 31.9 Å². The number of nitrogens with one attached hydrogen (secondary N) is 1. The number of benzene rings is 1. The van der Waals surface area contributed by atoms with Crippen molar-refractivity contribution in [2.24, 2.45) is 0 Å². The first kappa shape index (κ1) is 15.0. The van der Waals surface area contributed by atoms with Gasteiger partial charge in [-0.2, -0.15) is 0 Å². The molecule has 0 unspecified atom stereocenters. The van der Waals surface area contributed by atoms with Crippen molar-refractivity contribution in [3.63, 3.8) is 0 Å². The summed E-state index contributed by atoms with van der Waals surface area (Å²) in [6.07, 6.45) is 2.61. The molecule has 0 heterocycles. The summed E-state index contributed by atoms with van der Waals surface area (Å²) in [6.45, 7) is 4.86. The van der Waals surface area contributed by atoms with Crippen LogP contribution in [0.2, 0.25) is 0 Å². The zero-order valence-corrected chi connectivity index (χ0v) is 14.1. The van der Waals surface area contributed by atoms with E-state index >= 15 is 0 Å². The van der Waals surface area contributed by atoms with Crippen molar-refractivity contribution >= 4 is 37.8 Å². The molecule has 1 aliphatic carbocycles. The molecule has 1 aromatic rings. The van der Waals surface area contributed by atoms with Gasteiger partial charge in [0.25, 0.3) is 5.91 Å². The number of carbonyl (C=O) groups is 1. The molecule has 0 radical (unpaired) electrons. The Bertz CT molecular complexity index is 441. The Morgan fingerprint density at radius 3 is 2.47 bits per heavy atom. The zero-order valence-electron chi connectivity index (χ0n) is 11.0. The molecule has 19 heavy (non-hydrogen) atoms. The highest BCUT2D eigenvalue weighted by molar-refractivity contribution is 9.11. The maximum absolute atomic E-state index is 12.0. The molecule has 0 aliphatic heterocycles. The largest absolute Gasteiger partial charge is 0.351 e. The molecular formula is C14H18Br2N2O. The van der Waals surface area contributed by atoms with Gasteiger partial charge in [-0.15, -0.1) is 0 Å². The Labute approximate surface area is 131 Å². The lowest BCUT2D eigenvalue weighted by molar-refractivity contribution is 0.0948. The minimum absolute atomic E-state index is 0.0196. The predicted molar refractivity (Wildman–Crippen MR) is 84.4 cm³/mol. The van der Waals surface area contributed by atoms with Crippen LogP contribution in [0.15, 0.2) is 27.1 Å². The molecule has 104 valence electrons. The first-order valence-corrected chi connectivity index (χ1v) is 8.17. The van der Waals surface area contributed by atoms with Gasteiger partial charge in [-0.25, -0.2) is 0 Å². The third kappa shape index (κ3) is 4.58. The van der Waals surface area contributed by atoms with E-state index in [2.05, 4.69) is 49.0 Å². The SMILES string of the molecule is CCN(CCNC(=O)c1cc(Br)cc(Br)c1)C1CC1. The van der Waals surface area contributed by atoms with Gasteiger partial charge >= 0.3 is 0 Å². The van der Waals surface area contributed by atoms with Gasteiger partial charge in [0, 0.05) is 33.6 Å². The lowest BCUT2D eigenvalue weighted by atomic mass is 10.2. The number of carbonyl (C=O) groups excluding carboxylic acids is 1. The van der Waals surface area contributed by atoms with Crippen LogP contribution in [0.5, 0.6) is 0 Å². The maximum Gasteiger partial charge on any atom is 0.251 e. The average Bonchev–Trinajstić information content (AvgIpc) is 3.17. The molecule has 1 aliphatic rings. The van der Waals surface area contributed by atoms with Crippen molar-refractivity contribution in [3.8, 4) is 0 Å². The van der Waals surface area contributed by atoms with Crippen LogP contribution in [0, 0.1) is 0 Å². The summed E-state index contributed by atoms with van der Waals surface area (Å²) in [4.78, 5) is 14.5. The van der Waals surface area contributed by atoms with Crippen molar-refractivity contribution in [1.29, 1.82) is 0 Å². The molecular weight excluding hydrogens is 372 g/mol. The van der Waals surface area contributed by atoms with E-state index in [1.807, 2.05) is 18.2 Å². The van der Waals surface area contributed by atoms with Crippen LogP contribution in [0.4, 0.5) is 0 Å². The van der Waals surface area contributed by atoms with Crippen molar-refractivity contribution in [2.75, 3.05) is 19.6 Å². The topological polar surface area (TPSA) is 32.3 Å². The Hall–Kier alpha value is -0.390. The minimum Gasteiger partial charge on any atom is -0.351 e. The van der Waals surface area contributed by atoms with E-state index in [1.165, 1.54) is 12.8 Å². The average molecular weight is 390 g/mol. The molecule has 0 saturated heterocycles. The first-order chi connectivity index (χ1) is 9.10. The summed E-state index contributed by atoms with van der Waals surface area (Å²) < 4.78 is 1.81. The Balaban J connectivity index is 1.83. The van der Waals surface area contributed by atoms with E-state index in [4.69, 9.17) is 0 Å². The number of rotatable bonds is 6. The molecule has 0 aromatic heterocycles. The van der Waals surface area contributed by atoms with Crippen LogP contribution in [0.1, 0.15) is 30.1 Å². The van der Waals surface area contributed by atoms with Crippen LogP contribution in [0.25, 0.3) is 0 Å². The summed E-state index contributed by atoms with van der Waals surface area (Å²) in [5.41, 5.74) is 0.677. The molecule has 1 amide bonds. The second-order valence-electron chi connectivity index (χ2n) is 4.77. The first-order valence-electron chi connectivity index (χ1n) is 6.58. The Morgan fingerprint density at radius 1 is 1.32 bits per heavy atom. The molecule has 1 N–H and O–H groups in total. The fourth-order valence-corrected chi connectivity index (χ4v) is 3.43. The molecule has 1 aromatic carbocycles. The molecule has 0 spiro atoms. The lowest BCUT2D eigenvalue weighted by Crippen LogP contribution is -2.36. The van der Waals surface area contributed by atoms with E-state index in [0.29, 0.717) is 12.1 Å². The molecule has 0 bridgehead atoms. The summed E-state index contributed by atoms with van der Waals surface area (Å²) in [7, 11) is 0. The highest BCUT2D eigenvalue weighted by Gasteiger charge is 2.27. The maximum atomic E-state index is 12.0. The van der Waals surface area contributed by atoms with Gasteiger partial charge < -0.3 is 5.32 Å². The van der Waals surface area contributed by atoms with E-state index in [0.717, 1.165) is 28.1 Å². The van der Waals surface area contributed by atoms with Crippen molar-refractivity contribution in [3.05, 3.63) is 32.7 Å². The van der Waals surface area contributed by atoms with E-state index in [1.54, 1.807) is 0 Å². The van der Waals surface area contributed by atoms with Gasteiger partial charge in [-0.1, -0.05) is 38.8 Å². The zero-order chi connectivity index (χ0) is 13.8. The van der Waals surface area contributed by atoms with Gasteiger partial charge in [0.1, 0.15) is 0 Å². The number of hydrogen-bond donors (Lipinski definition) is 1. The quantitative estimate of drug-likeness (QED) is 0.808. The second-order valence-corrected chi connectivity index (χ2v) is 6.61. The van der Waals surface area contributed by atoms with Gasteiger partial charge in [0.05, 0.1) is 0 Å². The molecule has 1 fully saturated rings.